The number of pyridine rings is 2. The monoisotopic (exact) mass is 481 g/mol. The number of nitrogens with one attached hydrogen (secondary N) is 2. The number of aryl methyl sites for hydroxylation is 1. The van der Waals surface area contributed by atoms with Crippen molar-refractivity contribution >= 4 is 39.2 Å². The summed E-state index contributed by atoms with van der Waals surface area (Å²) in [6.07, 6.45) is 4.37. The van der Waals surface area contributed by atoms with Crippen molar-refractivity contribution < 1.29 is 13.2 Å². The number of carbonyl (C=O) groups excluding carboxylic acids is 1. The van der Waals surface area contributed by atoms with Crippen molar-refractivity contribution in [2.24, 2.45) is 0 Å². The molecule has 0 bridgehead atoms. The molecule has 2 N–H and O–H groups in total. The molecule has 2 heterocycles. The third-order valence-electron chi connectivity index (χ3n) is 4.52. The Hall–Kier alpha value is -3.42. The SMILES string of the molecule is CCCCc1ccc(C#N)c(SCC(=O)Nc2ccc(S(=O)(=O)Nc3ccccn3)cc2)n1. The van der Waals surface area contributed by atoms with Crippen molar-refractivity contribution in [1.29, 1.82) is 5.26 Å². The predicted octanol–water partition coefficient (Wildman–Crippen LogP) is 4.22. The quantitative estimate of drug-likeness (QED) is 0.415. The van der Waals surface area contributed by atoms with Gasteiger partial charge < -0.3 is 5.32 Å². The van der Waals surface area contributed by atoms with Gasteiger partial charge >= 0.3 is 0 Å². The zero-order valence-corrected chi connectivity index (χ0v) is 19.6. The first kappa shape index (κ1) is 24.2. The van der Waals surface area contributed by atoms with Gasteiger partial charge in [-0.2, -0.15) is 5.26 Å². The minimum atomic E-state index is -3.79. The molecular formula is C23H23N5O3S2. The summed E-state index contributed by atoms with van der Waals surface area (Å²) < 4.78 is 27.3. The number of benzene rings is 1. The molecule has 33 heavy (non-hydrogen) atoms. The molecule has 170 valence electrons. The standard InChI is InChI=1S/C23H23N5O3S2/c1-2-3-6-18-9-8-17(15-24)23(27-18)32-16-22(29)26-19-10-12-20(13-11-19)33(30,31)28-21-7-4-5-14-25-21/h4-5,7-14H,2-3,6,16H2,1H3,(H,25,28)(H,26,29). The van der Waals surface area contributed by atoms with E-state index in [-0.39, 0.29) is 22.4 Å². The minimum absolute atomic E-state index is 0.0484. The normalized spacial score (nSPS) is 10.9. The molecule has 2 aromatic heterocycles. The first-order chi connectivity index (χ1) is 15.9. The van der Waals surface area contributed by atoms with Crippen LogP contribution in [0.2, 0.25) is 0 Å². The number of carbonyl (C=O) groups is 1. The molecule has 1 aromatic carbocycles. The first-order valence-corrected chi connectivity index (χ1v) is 12.7. The van der Waals surface area contributed by atoms with Gasteiger partial charge in [0.2, 0.25) is 5.91 Å². The van der Waals surface area contributed by atoms with Crippen LogP contribution in [0, 0.1) is 11.3 Å². The van der Waals surface area contributed by atoms with Crippen molar-refractivity contribution in [3.8, 4) is 6.07 Å². The largest absolute Gasteiger partial charge is 0.325 e. The van der Waals surface area contributed by atoms with Crippen LogP contribution in [0.4, 0.5) is 11.5 Å². The lowest BCUT2D eigenvalue weighted by Gasteiger charge is -2.09. The first-order valence-electron chi connectivity index (χ1n) is 10.3. The summed E-state index contributed by atoms with van der Waals surface area (Å²) in [5.41, 5.74) is 1.79. The van der Waals surface area contributed by atoms with Crippen LogP contribution in [-0.2, 0) is 21.2 Å². The van der Waals surface area contributed by atoms with Gasteiger partial charge in [0.05, 0.1) is 16.2 Å². The Morgan fingerprint density at radius 2 is 1.91 bits per heavy atom. The van der Waals surface area contributed by atoms with Crippen molar-refractivity contribution in [2.45, 2.75) is 36.1 Å². The molecule has 0 saturated heterocycles. The van der Waals surface area contributed by atoms with Gasteiger partial charge in [0.15, 0.2) is 0 Å². The molecule has 3 rings (SSSR count). The highest BCUT2D eigenvalue weighted by atomic mass is 32.2. The number of nitrogens with zero attached hydrogens (tertiary/aromatic N) is 3. The van der Waals surface area contributed by atoms with E-state index in [1.54, 1.807) is 24.3 Å². The molecule has 0 radical (unpaired) electrons. The number of hydrogen-bond donors (Lipinski definition) is 2. The number of anilines is 2. The van der Waals surface area contributed by atoms with Gasteiger partial charge in [0.25, 0.3) is 10.0 Å². The molecule has 8 nitrogen and oxygen atoms in total. The van der Waals surface area contributed by atoms with Crippen molar-refractivity contribution in [3.05, 3.63) is 72.1 Å². The number of unbranched alkanes of at least 4 members (excludes halogenated alkanes) is 1. The van der Waals surface area contributed by atoms with E-state index in [9.17, 15) is 18.5 Å². The van der Waals surface area contributed by atoms with E-state index < -0.39 is 10.0 Å². The summed E-state index contributed by atoms with van der Waals surface area (Å²) in [5.74, 6) is 0.00286. The van der Waals surface area contributed by atoms with E-state index >= 15 is 0 Å². The topological polar surface area (TPSA) is 125 Å². The van der Waals surface area contributed by atoms with Crippen LogP contribution in [0.3, 0.4) is 0 Å². The minimum Gasteiger partial charge on any atom is -0.325 e. The molecule has 0 atom stereocenters. The van der Waals surface area contributed by atoms with Crippen molar-refractivity contribution in [3.63, 3.8) is 0 Å². The van der Waals surface area contributed by atoms with Crippen LogP contribution in [0.5, 0.6) is 0 Å². The molecule has 0 aliphatic carbocycles. The smallest absolute Gasteiger partial charge is 0.263 e. The predicted molar refractivity (Wildman–Crippen MR) is 128 cm³/mol. The summed E-state index contributed by atoms with van der Waals surface area (Å²) in [7, 11) is -3.79. The van der Waals surface area contributed by atoms with Crippen LogP contribution in [-0.4, -0.2) is 30.0 Å². The summed E-state index contributed by atoms with van der Waals surface area (Å²) in [6.45, 7) is 2.10. The van der Waals surface area contributed by atoms with Crippen LogP contribution in [0.15, 0.2) is 70.7 Å². The Balaban J connectivity index is 1.59. The lowest BCUT2D eigenvalue weighted by molar-refractivity contribution is -0.113. The molecule has 0 aliphatic heterocycles. The molecule has 10 heteroatoms. The van der Waals surface area contributed by atoms with E-state index in [1.165, 1.54) is 42.2 Å². The lowest BCUT2D eigenvalue weighted by atomic mass is 10.2. The fraction of sp³-hybridized carbons (Fsp3) is 0.217. The van der Waals surface area contributed by atoms with Crippen molar-refractivity contribution in [1.82, 2.24) is 9.97 Å². The summed E-state index contributed by atoms with van der Waals surface area (Å²) in [6, 6.07) is 16.4. The van der Waals surface area contributed by atoms with Gasteiger partial charge in [-0.15, -0.1) is 0 Å². The second-order valence-corrected chi connectivity index (χ2v) is 9.70. The number of amides is 1. The maximum absolute atomic E-state index is 12.5. The summed E-state index contributed by atoms with van der Waals surface area (Å²) in [4.78, 5) is 20.9. The van der Waals surface area contributed by atoms with E-state index in [1.807, 2.05) is 6.07 Å². The highest BCUT2D eigenvalue weighted by molar-refractivity contribution is 8.00. The van der Waals surface area contributed by atoms with Crippen LogP contribution in [0.1, 0.15) is 31.0 Å². The Morgan fingerprint density at radius 3 is 2.58 bits per heavy atom. The van der Waals surface area contributed by atoms with E-state index in [2.05, 4.69) is 33.0 Å². The van der Waals surface area contributed by atoms with Crippen LogP contribution in [0.25, 0.3) is 0 Å². The van der Waals surface area contributed by atoms with Gasteiger partial charge in [-0.3, -0.25) is 9.52 Å². The maximum atomic E-state index is 12.5. The third-order valence-corrected chi connectivity index (χ3v) is 6.88. The van der Waals surface area contributed by atoms with Gasteiger partial charge in [-0.25, -0.2) is 18.4 Å². The van der Waals surface area contributed by atoms with Gasteiger partial charge in [-0.1, -0.05) is 31.2 Å². The number of aromatic nitrogens is 2. The average Bonchev–Trinajstić information content (AvgIpc) is 2.82. The number of sulfonamides is 1. The van der Waals surface area contributed by atoms with Gasteiger partial charge in [-0.05, 0) is 61.4 Å². The zero-order chi connectivity index (χ0) is 23.7. The Kier molecular flexibility index (Phi) is 8.40. The molecule has 0 fully saturated rings. The molecule has 3 aromatic rings. The summed E-state index contributed by atoms with van der Waals surface area (Å²) in [5, 5.41) is 12.6. The third kappa shape index (κ3) is 7.03. The molecule has 0 unspecified atom stereocenters. The van der Waals surface area contributed by atoms with Crippen molar-refractivity contribution in [2.75, 3.05) is 15.8 Å². The molecule has 1 amide bonds. The Bertz CT molecular complexity index is 1240. The number of hydrogen-bond acceptors (Lipinski definition) is 7. The molecule has 0 aliphatic rings. The van der Waals surface area contributed by atoms with E-state index in [4.69, 9.17) is 0 Å². The van der Waals surface area contributed by atoms with Crippen LogP contribution >= 0.6 is 11.8 Å². The second-order valence-electron chi connectivity index (χ2n) is 7.05. The molecular weight excluding hydrogens is 458 g/mol. The van der Waals surface area contributed by atoms with E-state index in [0.29, 0.717) is 16.3 Å². The number of nitriles is 1. The zero-order valence-electron chi connectivity index (χ0n) is 18.0. The average molecular weight is 482 g/mol. The second kappa shape index (κ2) is 11.4. The maximum Gasteiger partial charge on any atom is 0.263 e. The van der Waals surface area contributed by atoms with Crippen LogP contribution < -0.4 is 10.0 Å². The van der Waals surface area contributed by atoms with Gasteiger partial charge in [0.1, 0.15) is 16.9 Å². The fourth-order valence-corrected chi connectivity index (χ4v) is 4.64. The fourth-order valence-electron chi connectivity index (χ4n) is 2.84. The van der Waals surface area contributed by atoms with E-state index in [0.717, 1.165) is 25.0 Å². The lowest BCUT2D eigenvalue weighted by Crippen LogP contribution is -2.15. The Morgan fingerprint density at radius 1 is 1.12 bits per heavy atom. The highest BCUT2D eigenvalue weighted by Gasteiger charge is 2.15. The molecule has 0 spiro atoms. The molecule has 0 saturated carbocycles. The Labute approximate surface area is 197 Å². The number of rotatable bonds is 10. The number of thioether (sulfide) groups is 1. The highest BCUT2D eigenvalue weighted by Crippen LogP contribution is 2.22. The van der Waals surface area contributed by atoms with Gasteiger partial charge in [0, 0.05) is 17.6 Å². The summed E-state index contributed by atoms with van der Waals surface area (Å²) >= 11 is 1.20.